The first-order chi connectivity index (χ1) is 8.17. The summed E-state index contributed by atoms with van der Waals surface area (Å²) in [5, 5.41) is 0.184. The Kier molecular flexibility index (Phi) is 5.00. The largest absolute Gasteiger partial charge is 0.544 e. The fourth-order valence-corrected chi connectivity index (χ4v) is 2.71. The highest BCUT2D eigenvalue weighted by atomic mass is 127. The van der Waals surface area contributed by atoms with Crippen molar-refractivity contribution in [1.29, 1.82) is 0 Å². The second kappa shape index (κ2) is 5.73. The quantitative estimate of drug-likeness (QED) is 0.330. The number of Topliss-reactive ketones (excluding diaryl/α,β-unsaturated/α-hetero) is 1. The number of alkyl halides is 1. The lowest BCUT2D eigenvalue weighted by molar-refractivity contribution is 0.102. The van der Waals surface area contributed by atoms with Crippen molar-refractivity contribution in [3.63, 3.8) is 0 Å². The van der Waals surface area contributed by atoms with Gasteiger partial charge < -0.3 is 4.43 Å². The van der Waals surface area contributed by atoms with E-state index in [0.29, 0.717) is 4.43 Å². The molecular formula is C14H21IO2Si. The van der Waals surface area contributed by atoms with Gasteiger partial charge in [0.2, 0.25) is 8.32 Å². The van der Waals surface area contributed by atoms with E-state index >= 15 is 0 Å². The molecule has 0 atom stereocenters. The fraction of sp³-hybridized carbons (Fsp3) is 0.500. The van der Waals surface area contributed by atoms with Crippen LogP contribution in [0, 0.1) is 0 Å². The van der Waals surface area contributed by atoms with Crippen LogP contribution in [-0.4, -0.2) is 18.5 Å². The van der Waals surface area contributed by atoms with Gasteiger partial charge in [0.25, 0.3) is 0 Å². The van der Waals surface area contributed by atoms with Gasteiger partial charge in [0, 0.05) is 5.56 Å². The first kappa shape index (κ1) is 15.7. The highest BCUT2D eigenvalue weighted by Gasteiger charge is 2.38. The summed E-state index contributed by atoms with van der Waals surface area (Å²) < 4.78 is 6.67. The Bertz CT molecular complexity index is 418. The van der Waals surface area contributed by atoms with Gasteiger partial charge in [-0.3, -0.25) is 4.79 Å². The van der Waals surface area contributed by atoms with Crippen LogP contribution in [0.4, 0.5) is 0 Å². The zero-order chi connectivity index (χ0) is 14.0. The van der Waals surface area contributed by atoms with Gasteiger partial charge >= 0.3 is 0 Å². The van der Waals surface area contributed by atoms with Crippen LogP contribution in [-0.2, 0) is 0 Å². The number of ketones is 1. The Hall–Kier alpha value is -0.363. The number of carbonyl (C=O) groups is 1. The average molecular weight is 376 g/mol. The van der Waals surface area contributed by atoms with E-state index in [9.17, 15) is 4.79 Å². The molecule has 0 saturated carbocycles. The molecule has 0 heterocycles. The van der Waals surface area contributed by atoms with E-state index in [1.807, 2.05) is 24.3 Å². The molecular weight excluding hydrogens is 355 g/mol. The molecule has 0 aliphatic rings. The number of halogens is 1. The minimum absolute atomic E-state index is 0.162. The minimum Gasteiger partial charge on any atom is -0.544 e. The molecule has 0 bridgehead atoms. The summed E-state index contributed by atoms with van der Waals surface area (Å²) in [5.74, 6) is 1.03. The first-order valence-electron chi connectivity index (χ1n) is 6.05. The van der Waals surface area contributed by atoms with Crippen LogP contribution < -0.4 is 4.43 Å². The minimum atomic E-state index is -1.79. The maximum atomic E-state index is 11.5. The molecule has 0 amide bonds. The Labute approximate surface area is 124 Å². The van der Waals surface area contributed by atoms with Crippen LogP contribution in [0.3, 0.4) is 0 Å². The van der Waals surface area contributed by atoms with Crippen LogP contribution in [0.1, 0.15) is 31.1 Å². The van der Waals surface area contributed by atoms with Gasteiger partial charge in [0.1, 0.15) is 5.75 Å². The lowest BCUT2D eigenvalue weighted by Gasteiger charge is -2.36. The van der Waals surface area contributed by atoms with E-state index in [0.717, 1.165) is 11.3 Å². The molecule has 0 saturated heterocycles. The van der Waals surface area contributed by atoms with Gasteiger partial charge in [-0.15, -0.1) is 0 Å². The molecule has 0 unspecified atom stereocenters. The molecule has 0 radical (unpaired) electrons. The summed E-state index contributed by atoms with van der Waals surface area (Å²) >= 11 is 2.08. The third kappa shape index (κ3) is 3.81. The van der Waals surface area contributed by atoms with Crippen molar-refractivity contribution in [1.82, 2.24) is 0 Å². The Morgan fingerprint density at radius 1 is 1.22 bits per heavy atom. The smallest absolute Gasteiger partial charge is 0.250 e. The molecule has 100 valence electrons. The van der Waals surface area contributed by atoms with Crippen molar-refractivity contribution in [3.05, 3.63) is 29.8 Å². The van der Waals surface area contributed by atoms with E-state index in [-0.39, 0.29) is 10.8 Å². The Morgan fingerprint density at radius 3 is 2.11 bits per heavy atom. The van der Waals surface area contributed by atoms with Crippen LogP contribution in [0.25, 0.3) is 0 Å². The summed E-state index contributed by atoms with van der Waals surface area (Å²) in [6, 6.07) is 7.51. The van der Waals surface area contributed by atoms with Crippen molar-refractivity contribution < 1.29 is 9.22 Å². The Morgan fingerprint density at radius 2 is 1.72 bits per heavy atom. The average Bonchev–Trinajstić information content (AvgIpc) is 2.27. The van der Waals surface area contributed by atoms with Crippen LogP contribution in [0.2, 0.25) is 18.1 Å². The fourth-order valence-electron chi connectivity index (χ4n) is 1.23. The zero-order valence-corrected chi connectivity index (χ0v) is 14.9. The summed E-state index contributed by atoms with van der Waals surface area (Å²) in [5.41, 5.74) is 0.756. The number of hydrogen-bond donors (Lipinski definition) is 0. The third-order valence-electron chi connectivity index (χ3n) is 3.48. The van der Waals surface area contributed by atoms with Crippen LogP contribution >= 0.6 is 22.6 Å². The van der Waals surface area contributed by atoms with Crippen LogP contribution in [0.5, 0.6) is 5.75 Å². The maximum absolute atomic E-state index is 11.5. The van der Waals surface area contributed by atoms with Gasteiger partial charge in [-0.25, -0.2) is 0 Å². The summed E-state index contributed by atoms with van der Waals surface area (Å²) in [4.78, 5) is 11.5. The van der Waals surface area contributed by atoms with Crippen molar-refractivity contribution >= 4 is 36.7 Å². The second-order valence-electron chi connectivity index (χ2n) is 5.94. The topological polar surface area (TPSA) is 26.3 Å². The first-order valence-corrected chi connectivity index (χ1v) is 10.5. The number of hydrogen-bond acceptors (Lipinski definition) is 2. The molecule has 0 spiro atoms. The summed E-state index contributed by atoms with van der Waals surface area (Å²) in [6.45, 7) is 11.1. The van der Waals surface area contributed by atoms with Gasteiger partial charge in [0.15, 0.2) is 5.78 Å². The normalized spacial score (nSPS) is 12.3. The summed E-state index contributed by atoms with van der Waals surface area (Å²) in [6.07, 6.45) is 0. The van der Waals surface area contributed by atoms with Crippen molar-refractivity contribution in [2.45, 2.75) is 38.9 Å². The molecule has 0 fully saturated rings. The maximum Gasteiger partial charge on any atom is 0.250 e. The predicted octanol–water partition coefficient (Wildman–Crippen LogP) is 4.69. The van der Waals surface area contributed by atoms with Crippen molar-refractivity contribution in [3.8, 4) is 5.75 Å². The monoisotopic (exact) mass is 376 g/mol. The molecule has 0 N–H and O–H groups in total. The molecule has 1 aromatic rings. The lowest BCUT2D eigenvalue weighted by Crippen LogP contribution is -2.43. The van der Waals surface area contributed by atoms with E-state index in [2.05, 4.69) is 56.5 Å². The predicted molar refractivity (Wildman–Crippen MR) is 87.5 cm³/mol. The molecule has 0 aliphatic carbocycles. The molecule has 1 rings (SSSR count). The number of benzene rings is 1. The zero-order valence-electron chi connectivity index (χ0n) is 11.7. The van der Waals surface area contributed by atoms with E-state index in [1.54, 1.807) is 0 Å². The van der Waals surface area contributed by atoms with Gasteiger partial charge in [-0.05, 0) is 42.4 Å². The molecule has 2 nitrogen and oxygen atoms in total. The van der Waals surface area contributed by atoms with E-state index in [1.165, 1.54) is 0 Å². The summed E-state index contributed by atoms with van der Waals surface area (Å²) in [7, 11) is -1.79. The highest BCUT2D eigenvalue weighted by Crippen LogP contribution is 2.37. The lowest BCUT2D eigenvalue weighted by atomic mass is 10.1. The molecule has 1 aromatic carbocycles. The molecule has 18 heavy (non-hydrogen) atoms. The van der Waals surface area contributed by atoms with Crippen LogP contribution in [0.15, 0.2) is 24.3 Å². The Balaban J connectivity index is 2.85. The number of carbonyl (C=O) groups excluding carboxylic acids is 1. The standard InChI is InChI=1S/C14H21IO2Si/c1-14(2,3)18(4,5)17-12-8-6-11(7-9-12)13(16)10-15/h6-9H,10H2,1-5H3. The van der Waals surface area contributed by atoms with Crippen molar-refractivity contribution in [2.75, 3.05) is 4.43 Å². The second-order valence-corrected chi connectivity index (χ2v) is 11.4. The SMILES string of the molecule is CC(C)(C)[Si](C)(C)Oc1ccc(C(=O)CI)cc1. The van der Waals surface area contributed by atoms with Crippen molar-refractivity contribution in [2.24, 2.45) is 0 Å². The third-order valence-corrected chi connectivity index (χ3v) is 8.53. The van der Waals surface area contributed by atoms with E-state index in [4.69, 9.17) is 4.43 Å². The van der Waals surface area contributed by atoms with E-state index < -0.39 is 8.32 Å². The molecule has 4 heteroatoms. The molecule has 0 aromatic heterocycles. The number of rotatable bonds is 4. The molecule has 0 aliphatic heterocycles. The van der Waals surface area contributed by atoms with Gasteiger partial charge in [-0.1, -0.05) is 43.4 Å². The highest BCUT2D eigenvalue weighted by molar-refractivity contribution is 14.1. The van der Waals surface area contributed by atoms with Gasteiger partial charge in [0.05, 0.1) is 4.43 Å². The van der Waals surface area contributed by atoms with Gasteiger partial charge in [-0.2, -0.15) is 0 Å².